The van der Waals surface area contributed by atoms with E-state index in [0.29, 0.717) is 19.6 Å². The Balaban J connectivity index is 0.00000196. The van der Waals surface area contributed by atoms with Crippen molar-refractivity contribution in [1.29, 1.82) is 0 Å². The monoisotopic (exact) mass is 236 g/mol. The Morgan fingerprint density at radius 1 is 1.60 bits per heavy atom. The highest BCUT2D eigenvalue weighted by atomic mass is 35.5. The minimum absolute atomic E-state index is 0. The lowest BCUT2D eigenvalue weighted by Crippen LogP contribution is -2.55. The van der Waals surface area contributed by atoms with E-state index in [0.717, 1.165) is 0 Å². The number of hydrogen-bond acceptors (Lipinski definition) is 3. The van der Waals surface area contributed by atoms with Crippen molar-refractivity contribution in [1.82, 2.24) is 4.90 Å². The molecule has 2 unspecified atom stereocenters. The Kier molecular flexibility index (Phi) is 6.17. The fraction of sp³-hybridized carbons (Fsp3) is 0.900. The van der Waals surface area contributed by atoms with Crippen LogP contribution in [0, 0.1) is 0 Å². The summed E-state index contributed by atoms with van der Waals surface area (Å²) >= 11 is 0. The van der Waals surface area contributed by atoms with Crippen LogP contribution in [0.2, 0.25) is 0 Å². The van der Waals surface area contributed by atoms with E-state index >= 15 is 0 Å². The van der Waals surface area contributed by atoms with Gasteiger partial charge >= 0.3 is 0 Å². The van der Waals surface area contributed by atoms with Crippen LogP contribution in [0.3, 0.4) is 0 Å². The van der Waals surface area contributed by atoms with Gasteiger partial charge in [0, 0.05) is 6.54 Å². The Bertz CT molecular complexity index is 214. The number of morpholine rings is 1. The van der Waals surface area contributed by atoms with Crippen molar-refractivity contribution in [2.75, 3.05) is 13.2 Å². The van der Waals surface area contributed by atoms with E-state index < -0.39 is 0 Å². The molecule has 0 aromatic carbocycles. The van der Waals surface area contributed by atoms with Gasteiger partial charge in [-0.15, -0.1) is 12.4 Å². The van der Waals surface area contributed by atoms with E-state index in [1.807, 2.05) is 25.7 Å². The van der Waals surface area contributed by atoms with Crippen LogP contribution in [0.15, 0.2) is 0 Å². The van der Waals surface area contributed by atoms with E-state index in [4.69, 9.17) is 10.5 Å². The molecule has 3 atom stereocenters. The van der Waals surface area contributed by atoms with Gasteiger partial charge in [0.15, 0.2) is 0 Å². The summed E-state index contributed by atoms with van der Waals surface area (Å²) in [5.41, 5.74) is 5.72. The first-order chi connectivity index (χ1) is 6.57. The van der Waals surface area contributed by atoms with Crippen LogP contribution >= 0.6 is 12.4 Å². The van der Waals surface area contributed by atoms with Crippen LogP contribution in [0.1, 0.15) is 27.2 Å². The van der Waals surface area contributed by atoms with Crippen LogP contribution in [-0.4, -0.2) is 42.1 Å². The van der Waals surface area contributed by atoms with E-state index in [1.54, 1.807) is 0 Å². The topological polar surface area (TPSA) is 55.6 Å². The van der Waals surface area contributed by atoms with Crippen molar-refractivity contribution in [2.45, 2.75) is 45.4 Å². The summed E-state index contributed by atoms with van der Waals surface area (Å²) in [5.74, 6) is 0.0511. The maximum absolute atomic E-state index is 11.8. The predicted octanol–water partition coefficient (Wildman–Crippen LogP) is 0.781. The molecule has 1 amide bonds. The van der Waals surface area contributed by atoms with Crippen LogP contribution < -0.4 is 5.73 Å². The molecule has 0 radical (unpaired) electrons. The maximum Gasteiger partial charge on any atom is 0.239 e. The Labute approximate surface area is 97.5 Å². The van der Waals surface area contributed by atoms with E-state index in [-0.39, 0.29) is 36.5 Å². The lowest BCUT2D eigenvalue weighted by atomic mass is 10.1. The quantitative estimate of drug-likeness (QED) is 0.771. The molecule has 4 nitrogen and oxygen atoms in total. The lowest BCUT2D eigenvalue weighted by molar-refractivity contribution is -0.145. The zero-order chi connectivity index (χ0) is 10.7. The molecule has 1 saturated heterocycles. The third-order valence-electron chi connectivity index (χ3n) is 2.92. The van der Waals surface area contributed by atoms with Gasteiger partial charge in [-0.05, 0) is 20.3 Å². The van der Waals surface area contributed by atoms with E-state index in [9.17, 15) is 4.79 Å². The summed E-state index contributed by atoms with van der Waals surface area (Å²) in [4.78, 5) is 13.7. The van der Waals surface area contributed by atoms with E-state index in [2.05, 4.69) is 0 Å². The van der Waals surface area contributed by atoms with Crippen LogP contribution in [0.5, 0.6) is 0 Å². The lowest BCUT2D eigenvalue weighted by Gasteiger charge is -2.38. The molecule has 1 aliphatic heterocycles. The van der Waals surface area contributed by atoms with Gasteiger partial charge in [-0.1, -0.05) is 6.92 Å². The number of halogens is 1. The van der Waals surface area contributed by atoms with Gasteiger partial charge in [-0.2, -0.15) is 0 Å². The van der Waals surface area contributed by atoms with Crippen LogP contribution in [0.25, 0.3) is 0 Å². The first-order valence-electron chi connectivity index (χ1n) is 5.25. The molecule has 0 bridgehead atoms. The third kappa shape index (κ3) is 3.33. The molecule has 1 rings (SSSR count). The maximum atomic E-state index is 11.8. The number of nitrogens with two attached hydrogens (primary N) is 1. The summed E-state index contributed by atoms with van der Waals surface area (Å²) in [6, 6.07) is -0.225. The number of carbonyl (C=O) groups is 1. The zero-order valence-electron chi connectivity index (χ0n) is 9.60. The molecule has 1 aliphatic rings. The Morgan fingerprint density at radius 3 is 2.73 bits per heavy atom. The number of nitrogens with zero attached hydrogens (tertiary/aromatic N) is 1. The summed E-state index contributed by atoms with van der Waals surface area (Å²) in [6.07, 6.45) is 0.800. The van der Waals surface area contributed by atoms with Gasteiger partial charge in [0.1, 0.15) is 0 Å². The van der Waals surface area contributed by atoms with Crippen molar-refractivity contribution in [3.05, 3.63) is 0 Å². The molecule has 15 heavy (non-hydrogen) atoms. The van der Waals surface area contributed by atoms with Crippen molar-refractivity contribution < 1.29 is 9.53 Å². The molecule has 2 N–H and O–H groups in total. The molecule has 0 aromatic heterocycles. The van der Waals surface area contributed by atoms with Gasteiger partial charge in [-0.25, -0.2) is 0 Å². The molecule has 90 valence electrons. The molecule has 0 aliphatic carbocycles. The Hall–Kier alpha value is -0.320. The highest BCUT2D eigenvalue weighted by Gasteiger charge is 2.30. The number of amides is 1. The second-order valence-electron chi connectivity index (χ2n) is 3.86. The first kappa shape index (κ1) is 14.7. The van der Waals surface area contributed by atoms with Crippen LogP contribution in [-0.2, 0) is 9.53 Å². The fourth-order valence-electron chi connectivity index (χ4n) is 1.63. The summed E-state index contributed by atoms with van der Waals surface area (Å²) in [7, 11) is 0. The van der Waals surface area contributed by atoms with Gasteiger partial charge < -0.3 is 15.4 Å². The zero-order valence-corrected chi connectivity index (χ0v) is 10.4. The normalized spacial score (nSPS) is 28.1. The van der Waals surface area contributed by atoms with Crippen molar-refractivity contribution in [3.8, 4) is 0 Å². The average molecular weight is 237 g/mol. The molecule has 0 saturated carbocycles. The molecule has 5 heteroatoms. The fourth-order valence-corrected chi connectivity index (χ4v) is 1.63. The van der Waals surface area contributed by atoms with Gasteiger partial charge in [-0.3, -0.25) is 4.79 Å². The third-order valence-corrected chi connectivity index (χ3v) is 2.92. The van der Waals surface area contributed by atoms with Gasteiger partial charge in [0.25, 0.3) is 0 Å². The second-order valence-corrected chi connectivity index (χ2v) is 3.86. The van der Waals surface area contributed by atoms with Gasteiger partial charge in [0.05, 0.1) is 24.8 Å². The molecular weight excluding hydrogens is 216 g/mol. The molecule has 1 heterocycles. The van der Waals surface area contributed by atoms with Crippen molar-refractivity contribution >= 4 is 18.3 Å². The predicted molar refractivity (Wildman–Crippen MR) is 62.1 cm³/mol. The molecule has 1 fully saturated rings. The molecule has 0 spiro atoms. The second kappa shape index (κ2) is 6.30. The van der Waals surface area contributed by atoms with E-state index in [1.165, 1.54) is 0 Å². The van der Waals surface area contributed by atoms with Crippen LogP contribution in [0.4, 0.5) is 0 Å². The molecule has 0 aromatic rings. The summed E-state index contributed by atoms with van der Waals surface area (Å²) in [5, 5.41) is 0. The number of carbonyl (C=O) groups excluding carboxylic acids is 1. The van der Waals surface area contributed by atoms with Crippen molar-refractivity contribution in [3.63, 3.8) is 0 Å². The summed E-state index contributed by atoms with van der Waals surface area (Å²) in [6.45, 7) is 7.20. The van der Waals surface area contributed by atoms with Gasteiger partial charge in [0.2, 0.25) is 5.91 Å². The summed E-state index contributed by atoms with van der Waals surface area (Å²) < 4.78 is 5.45. The number of hydrogen-bond donors (Lipinski definition) is 1. The first-order valence-corrected chi connectivity index (χ1v) is 5.25. The van der Waals surface area contributed by atoms with Crippen molar-refractivity contribution in [2.24, 2.45) is 5.73 Å². The average Bonchev–Trinajstić information content (AvgIpc) is 2.20. The largest absolute Gasteiger partial charge is 0.375 e. The highest BCUT2D eigenvalue weighted by Crippen LogP contribution is 2.14. The number of ether oxygens (including phenoxy) is 1. The molecular formula is C10H21ClN2O2. The number of rotatable bonds is 2. The Morgan fingerprint density at radius 2 is 2.20 bits per heavy atom. The minimum Gasteiger partial charge on any atom is -0.375 e. The highest BCUT2D eigenvalue weighted by molar-refractivity contribution is 5.85. The standard InChI is InChI=1S/C10H20N2O2.ClH/c1-4-9(11)10(13)12-5-6-14-8(3)7(12)2;/h7-9H,4-6,11H2,1-3H3;1H/t7?,8?,9-;/m0./s1. The smallest absolute Gasteiger partial charge is 0.239 e. The minimum atomic E-state index is -0.359. The SMILES string of the molecule is CC[C@H](N)C(=O)N1CCOC(C)C1C.Cl.